The molecule has 0 aliphatic heterocycles. The van der Waals surface area contributed by atoms with Gasteiger partial charge in [0.1, 0.15) is 16.5 Å². The second-order valence-corrected chi connectivity index (χ2v) is 6.35. The molecule has 1 heterocycles. The fraction of sp³-hybridized carbons (Fsp3) is 0. The monoisotopic (exact) mass is 375 g/mol. The van der Waals surface area contributed by atoms with Crippen LogP contribution in [-0.4, -0.2) is 16.8 Å². The van der Waals surface area contributed by atoms with Crippen molar-refractivity contribution in [2.24, 2.45) is 5.73 Å². The molecule has 0 spiro atoms. The number of nitrogens with zero attached hydrogens (tertiary/aromatic N) is 1. The van der Waals surface area contributed by atoms with Crippen molar-refractivity contribution < 1.29 is 14.0 Å². The molecule has 0 fully saturated rings. The number of thiazole rings is 1. The summed E-state index contributed by atoms with van der Waals surface area (Å²) in [5, 5.41) is 5.45. The lowest BCUT2D eigenvalue weighted by Crippen LogP contribution is -2.16. The molecule has 0 atom stereocenters. The zero-order chi connectivity index (χ0) is 18.0. The van der Waals surface area contributed by atoms with Crippen LogP contribution < -0.4 is 11.1 Å². The summed E-state index contributed by atoms with van der Waals surface area (Å²) in [6.45, 7) is 0. The Morgan fingerprint density at radius 2 is 1.88 bits per heavy atom. The van der Waals surface area contributed by atoms with E-state index in [2.05, 4.69) is 10.3 Å². The summed E-state index contributed by atoms with van der Waals surface area (Å²) < 4.78 is 13.5. The topological polar surface area (TPSA) is 85.1 Å². The van der Waals surface area contributed by atoms with Gasteiger partial charge in [0.15, 0.2) is 0 Å². The van der Waals surface area contributed by atoms with E-state index in [-0.39, 0.29) is 16.9 Å². The molecule has 1 aromatic heterocycles. The van der Waals surface area contributed by atoms with Gasteiger partial charge in [0.25, 0.3) is 11.8 Å². The molecule has 126 valence electrons. The van der Waals surface area contributed by atoms with Gasteiger partial charge in [-0.25, -0.2) is 9.37 Å². The molecule has 3 N–H and O–H groups in total. The van der Waals surface area contributed by atoms with Crippen LogP contribution in [0.1, 0.15) is 20.8 Å². The van der Waals surface area contributed by atoms with Gasteiger partial charge in [-0.05, 0) is 30.3 Å². The van der Waals surface area contributed by atoms with Gasteiger partial charge in [0.05, 0.1) is 5.56 Å². The fourth-order valence-electron chi connectivity index (χ4n) is 2.09. The van der Waals surface area contributed by atoms with Crippen LogP contribution in [0.4, 0.5) is 10.1 Å². The van der Waals surface area contributed by atoms with Crippen LogP contribution in [0.15, 0.2) is 47.8 Å². The number of anilines is 1. The number of hydrogen-bond donors (Lipinski definition) is 2. The number of carbonyl (C=O) groups is 2. The van der Waals surface area contributed by atoms with Crippen LogP contribution >= 0.6 is 22.9 Å². The number of benzene rings is 2. The first kappa shape index (κ1) is 17.1. The maximum Gasteiger partial charge on any atom is 0.275 e. The third kappa shape index (κ3) is 3.84. The van der Waals surface area contributed by atoms with E-state index in [0.717, 1.165) is 11.6 Å². The Balaban J connectivity index is 1.79. The summed E-state index contributed by atoms with van der Waals surface area (Å²) in [4.78, 5) is 27.7. The van der Waals surface area contributed by atoms with E-state index < -0.39 is 17.6 Å². The number of nitrogens with two attached hydrogens (primary N) is 1. The minimum absolute atomic E-state index is 0.208. The third-order valence-electron chi connectivity index (χ3n) is 3.32. The summed E-state index contributed by atoms with van der Waals surface area (Å²) in [6, 6.07) is 10.7. The highest BCUT2D eigenvalue weighted by Crippen LogP contribution is 2.25. The molecule has 25 heavy (non-hydrogen) atoms. The van der Waals surface area contributed by atoms with Gasteiger partial charge in [0.2, 0.25) is 0 Å². The molecule has 0 unspecified atom stereocenters. The van der Waals surface area contributed by atoms with Crippen molar-refractivity contribution in [3.8, 4) is 10.6 Å². The minimum Gasteiger partial charge on any atom is -0.366 e. The Morgan fingerprint density at radius 1 is 1.16 bits per heavy atom. The predicted molar refractivity (Wildman–Crippen MR) is 95.4 cm³/mol. The number of amides is 2. The van der Waals surface area contributed by atoms with Crippen LogP contribution in [-0.2, 0) is 0 Å². The predicted octanol–water partition coefficient (Wildman–Crippen LogP) is 3.95. The first-order valence-electron chi connectivity index (χ1n) is 7.06. The molecule has 0 radical (unpaired) electrons. The first-order valence-corrected chi connectivity index (χ1v) is 8.32. The molecule has 3 aromatic rings. The van der Waals surface area contributed by atoms with E-state index in [0.29, 0.717) is 10.0 Å². The average Bonchev–Trinajstić information content (AvgIpc) is 3.07. The average molecular weight is 376 g/mol. The van der Waals surface area contributed by atoms with Crippen LogP contribution in [0.5, 0.6) is 0 Å². The molecule has 8 heteroatoms. The molecular formula is C17H11ClFN3O2S. The summed E-state index contributed by atoms with van der Waals surface area (Å²) in [7, 11) is 0. The normalized spacial score (nSPS) is 10.5. The second kappa shape index (κ2) is 7.00. The van der Waals surface area contributed by atoms with Gasteiger partial charge in [-0.2, -0.15) is 0 Å². The van der Waals surface area contributed by atoms with E-state index in [9.17, 15) is 14.0 Å². The van der Waals surface area contributed by atoms with Crippen molar-refractivity contribution in [2.45, 2.75) is 0 Å². The summed E-state index contributed by atoms with van der Waals surface area (Å²) in [5.74, 6) is -2.13. The van der Waals surface area contributed by atoms with Crippen LogP contribution in [0.2, 0.25) is 5.02 Å². The van der Waals surface area contributed by atoms with Gasteiger partial charge in [-0.15, -0.1) is 11.3 Å². The lowest BCUT2D eigenvalue weighted by Gasteiger charge is -2.05. The highest BCUT2D eigenvalue weighted by atomic mass is 35.5. The van der Waals surface area contributed by atoms with Crippen LogP contribution in [0.25, 0.3) is 10.6 Å². The number of aromatic nitrogens is 1. The Bertz CT molecular complexity index is 957. The van der Waals surface area contributed by atoms with E-state index in [1.807, 2.05) is 12.1 Å². The van der Waals surface area contributed by atoms with Crippen LogP contribution in [0, 0.1) is 5.82 Å². The lowest BCUT2D eigenvalue weighted by molar-refractivity contribution is 0.0992. The van der Waals surface area contributed by atoms with Crippen molar-refractivity contribution >= 4 is 40.4 Å². The Hall–Kier alpha value is -2.77. The Morgan fingerprint density at radius 3 is 2.56 bits per heavy atom. The SMILES string of the molecule is NC(=O)c1cc(NC(=O)c2csc(-c3ccc(Cl)cc3)n2)ccc1F. The lowest BCUT2D eigenvalue weighted by atomic mass is 10.1. The fourth-order valence-corrected chi connectivity index (χ4v) is 3.02. The number of hydrogen-bond acceptors (Lipinski definition) is 4. The molecule has 0 bridgehead atoms. The standard InChI is InChI=1S/C17H11ClFN3O2S/c18-10-3-1-9(2-4-10)17-22-14(8-25-17)16(24)21-11-5-6-13(19)12(7-11)15(20)23/h1-8H,(H2,20,23)(H,21,24). The van der Waals surface area contributed by atoms with Crippen molar-refractivity contribution in [2.75, 3.05) is 5.32 Å². The summed E-state index contributed by atoms with van der Waals surface area (Å²) in [5.41, 5.74) is 6.10. The molecule has 2 aromatic carbocycles. The molecule has 0 aliphatic rings. The zero-order valence-electron chi connectivity index (χ0n) is 12.6. The largest absolute Gasteiger partial charge is 0.366 e. The number of primary amides is 1. The maximum atomic E-state index is 13.5. The number of carbonyl (C=O) groups excluding carboxylic acids is 2. The van der Waals surface area contributed by atoms with Crippen molar-refractivity contribution in [1.29, 1.82) is 0 Å². The maximum absolute atomic E-state index is 13.5. The van der Waals surface area contributed by atoms with Gasteiger partial charge >= 0.3 is 0 Å². The molecule has 0 saturated heterocycles. The third-order valence-corrected chi connectivity index (χ3v) is 4.46. The van der Waals surface area contributed by atoms with Gasteiger partial charge in [0, 0.05) is 21.7 Å². The summed E-state index contributed by atoms with van der Waals surface area (Å²) in [6.07, 6.45) is 0. The minimum atomic E-state index is -0.910. The van der Waals surface area contributed by atoms with E-state index in [4.69, 9.17) is 17.3 Å². The van der Waals surface area contributed by atoms with E-state index >= 15 is 0 Å². The highest BCUT2D eigenvalue weighted by molar-refractivity contribution is 7.13. The number of halogens is 2. The first-order chi connectivity index (χ1) is 11.9. The molecule has 2 amide bonds. The molecule has 0 saturated carbocycles. The smallest absolute Gasteiger partial charge is 0.275 e. The molecule has 3 rings (SSSR count). The zero-order valence-corrected chi connectivity index (χ0v) is 14.2. The Labute approximate surface area is 151 Å². The molecular weight excluding hydrogens is 365 g/mol. The molecule has 0 aliphatic carbocycles. The molecule has 5 nitrogen and oxygen atoms in total. The van der Waals surface area contributed by atoms with Gasteiger partial charge < -0.3 is 11.1 Å². The number of nitrogens with one attached hydrogen (secondary N) is 1. The number of rotatable bonds is 4. The second-order valence-electron chi connectivity index (χ2n) is 5.06. The van der Waals surface area contributed by atoms with E-state index in [1.54, 1.807) is 17.5 Å². The van der Waals surface area contributed by atoms with Crippen LogP contribution in [0.3, 0.4) is 0 Å². The van der Waals surface area contributed by atoms with Crippen molar-refractivity contribution in [3.05, 3.63) is 69.9 Å². The quantitative estimate of drug-likeness (QED) is 0.723. The Kier molecular flexibility index (Phi) is 4.78. The van der Waals surface area contributed by atoms with Gasteiger partial charge in [-0.1, -0.05) is 23.7 Å². The summed E-state index contributed by atoms with van der Waals surface area (Å²) >= 11 is 7.16. The van der Waals surface area contributed by atoms with Gasteiger partial charge in [-0.3, -0.25) is 9.59 Å². The van der Waals surface area contributed by atoms with Crippen molar-refractivity contribution in [3.63, 3.8) is 0 Å². The van der Waals surface area contributed by atoms with E-state index in [1.165, 1.54) is 23.5 Å². The highest BCUT2D eigenvalue weighted by Gasteiger charge is 2.14. The van der Waals surface area contributed by atoms with Crippen molar-refractivity contribution in [1.82, 2.24) is 4.98 Å².